The second-order valence-corrected chi connectivity index (χ2v) is 7.65. The van der Waals surface area contributed by atoms with Crippen molar-refractivity contribution in [3.05, 3.63) is 42.2 Å². The lowest BCUT2D eigenvalue weighted by molar-refractivity contribution is 0.277. The van der Waals surface area contributed by atoms with Gasteiger partial charge >= 0.3 is 0 Å². The maximum atomic E-state index is 12.0. The molecule has 0 spiro atoms. The molecule has 1 aromatic heterocycles. The number of benzene rings is 1. The SMILES string of the molecule is CP(C)(=O)c1cccc(-c2nccc(CO)n2)c1. The van der Waals surface area contributed by atoms with Crippen molar-refractivity contribution in [1.29, 1.82) is 0 Å². The molecule has 0 radical (unpaired) electrons. The summed E-state index contributed by atoms with van der Waals surface area (Å²) in [5.74, 6) is 0.539. The van der Waals surface area contributed by atoms with Gasteiger partial charge in [-0.25, -0.2) is 9.97 Å². The smallest absolute Gasteiger partial charge is 0.159 e. The Bertz CT molecular complexity index is 607. The van der Waals surface area contributed by atoms with Gasteiger partial charge < -0.3 is 9.67 Å². The Hall–Kier alpha value is -1.51. The highest BCUT2D eigenvalue weighted by atomic mass is 31.2. The fourth-order valence-corrected chi connectivity index (χ4v) is 2.50. The standard InChI is InChI=1S/C13H15N2O2P/c1-18(2,17)12-5-3-4-10(8-12)13-14-7-6-11(9-16)15-13/h3-8,16H,9H2,1-2H3. The predicted molar refractivity (Wildman–Crippen MR) is 72.5 cm³/mol. The van der Waals surface area contributed by atoms with Gasteiger partial charge in [0.25, 0.3) is 0 Å². The Balaban J connectivity index is 2.48. The molecule has 0 aliphatic carbocycles. The Morgan fingerprint density at radius 1 is 1.28 bits per heavy atom. The number of hydrogen-bond donors (Lipinski definition) is 1. The number of aromatic nitrogens is 2. The van der Waals surface area contributed by atoms with E-state index in [1.54, 1.807) is 25.6 Å². The summed E-state index contributed by atoms with van der Waals surface area (Å²) in [4.78, 5) is 8.40. The third-order valence-electron chi connectivity index (χ3n) is 2.60. The van der Waals surface area contributed by atoms with Gasteiger partial charge in [0.15, 0.2) is 5.82 Å². The fourth-order valence-electron chi connectivity index (χ4n) is 1.60. The van der Waals surface area contributed by atoms with E-state index in [-0.39, 0.29) is 6.61 Å². The summed E-state index contributed by atoms with van der Waals surface area (Å²) < 4.78 is 12.0. The van der Waals surface area contributed by atoms with Crippen LogP contribution in [0, 0.1) is 0 Å². The van der Waals surface area contributed by atoms with Gasteiger partial charge in [-0.2, -0.15) is 0 Å². The van der Waals surface area contributed by atoms with Gasteiger partial charge in [-0.05, 0) is 25.5 Å². The molecule has 0 aliphatic rings. The lowest BCUT2D eigenvalue weighted by Gasteiger charge is -2.08. The molecule has 18 heavy (non-hydrogen) atoms. The normalized spacial score (nSPS) is 11.5. The minimum Gasteiger partial charge on any atom is -0.390 e. The van der Waals surface area contributed by atoms with Crippen LogP contribution in [0.5, 0.6) is 0 Å². The van der Waals surface area contributed by atoms with Crippen LogP contribution in [0.3, 0.4) is 0 Å². The molecule has 0 bridgehead atoms. The molecule has 0 fully saturated rings. The molecule has 0 saturated heterocycles. The third-order valence-corrected chi connectivity index (χ3v) is 4.12. The van der Waals surface area contributed by atoms with E-state index in [4.69, 9.17) is 5.11 Å². The zero-order valence-electron chi connectivity index (χ0n) is 10.4. The summed E-state index contributed by atoms with van der Waals surface area (Å²) in [7, 11) is -2.29. The van der Waals surface area contributed by atoms with Crippen molar-refractivity contribution < 1.29 is 9.67 Å². The molecule has 1 heterocycles. The molecule has 0 unspecified atom stereocenters. The molecule has 2 aromatic rings. The Morgan fingerprint density at radius 2 is 2.06 bits per heavy atom. The van der Waals surface area contributed by atoms with Crippen LogP contribution < -0.4 is 5.30 Å². The first kappa shape index (κ1) is 12.9. The fraction of sp³-hybridized carbons (Fsp3) is 0.231. The molecule has 0 atom stereocenters. The van der Waals surface area contributed by atoms with Crippen molar-refractivity contribution in [3.63, 3.8) is 0 Å². The largest absolute Gasteiger partial charge is 0.390 e. The van der Waals surface area contributed by atoms with Crippen LogP contribution in [0.2, 0.25) is 0 Å². The van der Waals surface area contributed by atoms with Crippen LogP contribution >= 0.6 is 7.14 Å². The quantitative estimate of drug-likeness (QED) is 0.858. The zero-order valence-corrected chi connectivity index (χ0v) is 11.3. The number of aliphatic hydroxyl groups is 1. The van der Waals surface area contributed by atoms with E-state index in [1.807, 2.05) is 24.3 Å². The highest BCUT2D eigenvalue weighted by Crippen LogP contribution is 2.35. The first-order valence-corrected chi connectivity index (χ1v) is 8.19. The predicted octanol–water partition coefficient (Wildman–Crippen LogP) is 1.88. The maximum Gasteiger partial charge on any atom is 0.159 e. The average Bonchev–Trinajstić information content (AvgIpc) is 2.38. The minimum atomic E-state index is -2.29. The maximum absolute atomic E-state index is 12.0. The molecule has 94 valence electrons. The van der Waals surface area contributed by atoms with E-state index in [0.717, 1.165) is 10.9 Å². The summed E-state index contributed by atoms with van der Waals surface area (Å²) in [5.41, 5.74) is 1.38. The van der Waals surface area contributed by atoms with Gasteiger partial charge in [0.05, 0.1) is 12.3 Å². The summed E-state index contributed by atoms with van der Waals surface area (Å²) in [6, 6.07) is 9.07. The lowest BCUT2D eigenvalue weighted by atomic mass is 10.2. The van der Waals surface area contributed by atoms with Gasteiger partial charge in [-0.15, -0.1) is 0 Å². The van der Waals surface area contributed by atoms with E-state index < -0.39 is 7.14 Å². The monoisotopic (exact) mass is 262 g/mol. The van der Waals surface area contributed by atoms with Crippen molar-refractivity contribution in [1.82, 2.24) is 9.97 Å². The van der Waals surface area contributed by atoms with E-state index in [1.165, 1.54) is 0 Å². The van der Waals surface area contributed by atoms with Gasteiger partial charge in [0, 0.05) is 17.1 Å². The molecular formula is C13H15N2O2P. The van der Waals surface area contributed by atoms with Crippen LogP contribution in [-0.4, -0.2) is 28.4 Å². The van der Waals surface area contributed by atoms with Crippen LogP contribution in [-0.2, 0) is 11.2 Å². The number of nitrogens with zero attached hydrogens (tertiary/aromatic N) is 2. The molecule has 4 nitrogen and oxygen atoms in total. The van der Waals surface area contributed by atoms with Crippen LogP contribution in [0.1, 0.15) is 5.69 Å². The molecule has 1 aromatic carbocycles. The van der Waals surface area contributed by atoms with Gasteiger partial charge in [0.1, 0.15) is 7.14 Å². The lowest BCUT2D eigenvalue weighted by Crippen LogP contribution is -2.03. The first-order valence-electron chi connectivity index (χ1n) is 5.59. The third kappa shape index (κ3) is 2.84. The van der Waals surface area contributed by atoms with Crippen LogP contribution in [0.15, 0.2) is 36.5 Å². The van der Waals surface area contributed by atoms with Crippen LogP contribution in [0.4, 0.5) is 0 Å². The molecule has 0 saturated carbocycles. The van der Waals surface area contributed by atoms with Crippen LogP contribution in [0.25, 0.3) is 11.4 Å². The van der Waals surface area contributed by atoms with E-state index in [2.05, 4.69) is 9.97 Å². The molecule has 1 N–H and O–H groups in total. The van der Waals surface area contributed by atoms with E-state index in [0.29, 0.717) is 11.5 Å². The van der Waals surface area contributed by atoms with Gasteiger partial charge in [-0.1, -0.05) is 18.2 Å². The molecule has 0 aliphatic heterocycles. The Morgan fingerprint density at radius 3 is 2.72 bits per heavy atom. The van der Waals surface area contributed by atoms with Gasteiger partial charge in [0.2, 0.25) is 0 Å². The number of aliphatic hydroxyl groups excluding tert-OH is 1. The highest BCUT2D eigenvalue weighted by Gasteiger charge is 2.12. The zero-order chi connectivity index (χ0) is 13.2. The molecule has 5 heteroatoms. The van der Waals surface area contributed by atoms with Crippen molar-refractivity contribution in [2.75, 3.05) is 13.3 Å². The van der Waals surface area contributed by atoms with E-state index >= 15 is 0 Å². The van der Waals surface area contributed by atoms with Crippen molar-refractivity contribution in [3.8, 4) is 11.4 Å². The van der Waals surface area contributed by atoms with Crippen molar-refractivity contribution >= 4 is 12.4 Å². The van der Waals surface area contributed by atoms with E-state index in [9.17, 15) is 4.57 Å². The molecule has 2 rings (SSSR count). The highest BCUT2D eigenvalue weighted by molar-refractivity contribution is 7.70. The Labute approximate surface area is 106 Å². The topological polar surface area (TPSA) is 63.1 Å². The Kier molecular flexibility index (Phi) is 3.60. The number of rotatable bonds is 3. The van der Waals surface area contributed by atoms with Gasteiger partial charge in [-0.3, -0.25) is 0 Å². The number of hydrogen-bond acceptors (Lipinski definition) is 4. The minimum absolute atomic E-state index is 0.116. The second kappa shape index (κ2) is 5.01. The first-order chi connectivity index (χ1) is 8.50. The summed E-state index contributed by atoms with van der Waals surface area (Å²) in [5, 5.41) is 9.86. The molecule has 0 amide bonds. The summed E-state index contributed by atoms with van der Waals surface area (Å²) in [6.07, 6.45) is 1.61. The summed E-state index contributed by atoms with van der Waals surface area (Å²) >= 11 is 0. The second-order valence-electron chi connectivity index (χ2n) is 4.43. The summed E-state index contributed by atoms with van der Waals surface area (Å²) in [6.45, 7) is 3.35. The average molecular weight is 262 g/mol. The van der Waals surface area contributed by atoms with Crippen molar-refractivity contribution in [2.24, 2.45) is 0 Å². The van der Waals surface area contributed by atoms with Crippen molar-refractivity contribution in [2.45, 2.75) is 6.61 Å². The molecular weight excluding hydrogens is 247 g/mol.